The van der Waals surface area contributed by atoms with Crippen LogP contribution < -0.4 is 38.7 Å². The fourth-order valence-electron chi connectivity index (χ4n) is 0.874. The second-order valence-electron chi connectivity index (χ2n) is 2.20. The van der Waals surface area contributed by atoms with Crippen molar-refractivity contribution in [2.45, 2.75) is 13.8 Å². The summed E-state index contributed by atoms with van der Waals surface area (Å²) in [5, 5.41) is 0. The van der Waals surface area contributed by atoms with E-state index in [9.17, 15) is 0 Å². The first-order valence-electron chi connectivity index (χ1n) is 3.53. The van der Waals surface area contributed by atoms with Gasteiger partial charge in [0, 0.05) is 0 Å². The van der Waals surface area contributed by atoms with E-state index in [0.717, 1.165) is 12.4 Å². The first kappa shape index (κ1) is 19.3. The van der Waals surface area contributed by atoms with E-state index >= 15 is 0 Å². The molecule has 0 radical (unpaired) electrons. The predicted octanol–water partition coefficient (Wildman–Crippen LogP) is -3.98. The minimum atomic E-state index is 0. The average Bonchev–Trinajstić information content (AvgIpc) is 1.94. The first-order valence-corrected chi connectivity index (χ1v) is 3.53. The second-order valence-corrected chi connectivity index (χ2v) is 2.20. The van der Waals surface area contributed by atoms with E-state index in [2.05, 4.69) is 0 Å². The van der Waals surface area contributed by atoms with Gasteiger partial charge in [0.1, 0.15) is 5.75 Å². The van der Waals surface area contributed by atoms with Gasteiger partial charge in [0.25, 0.3) is 0 Å². The van der Waals surface area contributed by atoms with Crippen LogP contribution in [0, 0.1) is 6.92 Å². The molecule has 0 spiro atoms. The monoisotopic (exact) mass is 318 g/mol. The molecule has 0 aliphatic rings. The third-order valence-electron chi connectivity index (χ3n) is 1.39. The molecule has 0 N–H and O–H groups in total. The number of halogens is 2. The van der Waals surface area contributed by atoms with Gasteiger partial charge in [-0.15, -0.1) is 0 Å². The SMILES string of the molecule is CCOc1ccccc1C.[Br-].[Br-].[Mg+2]. The first-order chi connectivity index (χ1) is 4.84. The predicted molar refractivity (Wildman–Crippen MR) is 48.1 cm³/mol. The quantitative estimate of drug-likeness (QED) is 0.505. The molecule has 0 saturated heterocycles. The molecule has 0 heterocycles. The van der Waals surface area contributed by atoms with Crippen LogP contribution in [-0.2, 0) is 0 Å². The number of hydrogen-bond donors (Lipinski definition) is 0. The van der Waals surface area contributed by atoms with Gasteiger partial charge in [0.15, 0.2) is 0 Å². The van der Waals surface area contributed by atoms with Crippen molar-refractivity contribution in [1.29, 1.82) is 0 Å². The molecule has 0 amide bonds. The number of aryl methyl sites for hydroxylation is 1. The van der Waals surface area contributed by atoms with Crippen molar-refractivity contribution < 1.29 is 38.7 Å². The van der Waals surface area contributed by atoms with E-state index in [-0.39, 0.29) is 57.0 Å². The van der Waals surface area contributed by atoms with Crippen LogP contribution in [-0.4, -0.2) is 29.7 Å². The third-order valence-corrected chi connectivity index (χ3v) is 1.39. The minimum absolute atomic E-state index is 0. The van der Waals surface area contributed by atoms with Crippen LogP contribution >= 0.6 is 0 Å². The Bertz CT molecular complexity index is 219. The van der Waals surface area contributed by atoms with Crippen LogP contribution in [0.5, 0.6) is 5.75 Å². The van der Waals surface area contributed by atoms with Crippen molar-refractivity contribution in [1.82, 2.24) is 0 Å². The Morgan fingerprint density at radius 2 is 1.69 bits per heavy atom. The van der Waals surface area contributed by atoms with Gasteiger partial charge >= 0.3 is 23.1 Å². The Hall–Kier alpha value is 0.746. The summed E-state index contributed by atoms with van der Waals surface area (Å²) in [6.45, 7) is 4.78. The van der Waals surface area contributed by atoms with Gasteiger partial charge in [-0.1, -0.05) is 18.2 Å². The molecule has 0 unspecified atom stereocenters. The maximum atomic E-state index is 5.34. The number of para-hydroxylation sites is 1. The summed E-state index contributed by atoms with van der Waals surface area (Å²) in [5.41, 5.74) is 1.20. The molecular formula is C9H12Br2MgO. The molecule has 1 nitrogen and oxygen atoms in total. The largest absolute Gasteiger partial charge is 2.00 e. The Morgan fingerprint density at radius 1 is 1.15 bits per heavy atom. The van der Waals surface area contributed by atoms with Crippen molar-refractivity contribution in [2.24, 2.45) is 0 Å². The van der Waals surface area contributed by atoms with E-state index in [1.807, 2.05) is 38.1 Å². The maximum absolute atomic E-state index is 5.34. The second kappa shape index (κ2) is 10.8. The van der Waals surface area contributed by atoms with Gasteiger partial charge in [0.05, 0.1) is 6.61 Å². The summed E-state index contributed by atoms with van der Waals surface area (Å²) in [4.78, 5) is 0. The van der Waals surface area contributed by atoms with Crippen molar-refractivity contribution in [2.75, 3.05) is 6.61 Å². The van der Waals surface area contributed by atoms with Crippen LogP contribution in [0.2, 0.25) is 0 Å². The zero-order valence-corrected chi connectivity index (χ0v) is 12.5. The average molecular weight is 320 g/mol. The normalized spacial score (nSPS) is 7.23. The van der Waals surface area contributed by atoms with Gasteiger partial charge in [-0.25, -0.2) is 0 Å². The van der Waals surface area contributed by atoms with Crippen LogP contribution in [0.25, 0.3) is 0 Å². The Labute approximate surface area is 117 Å². The fourth-order valence-corrected chi connectivity index (χ4v) is 0.874. The van der Waals surface area contributed by atoms with E-state index in [0.29, 0.717) is 0 Å². The molecule has 1 aromatic rings. The van der Waals surface area contributed by atoms with Gasteiger partial charge in [-0.2, -0.15) is 0 Å². The number of ether oxygens (including phenoxy) is 1. The fraction of sp³-hybridized carbons (Fsp3) is 0.333. The van der Waals surface area contributed by atoms with E-state index in [1.54, 1.807) is 0 Å². The summed E-state index contributed by atoms with van der Waals surface area (Å²) in [5.74, 6) is 0.991. The van der Waals surface area contributed by atoms with Crippen LogP contribution in [0.3, 0.4) is 0 Å². The van der Waals surface area contributed by atoms with Crippen molar-refractivity contribution >= 4 is 23.1 Å². The number of hydrogen-bond acceptors (Lipinski definition) is 1. The summed E-state index contributed by atoms with van der Waals surface area (Å²) >= 11 is 0. The van der Waals surface area contributed by atoms with Gasteiger partial charge < -0.3 is 38.7 Å². The Balaban J connectivity index is -0.000000333. The van der Waals surface area contributed by atoms with Crippen LogP contribution in [0.4, 0.5) is 0 Å². The summed E-state index contributed by atoms with van der Waals surface area (Å²) in [6, 6.07) is 8.03. The molecule has 0 aliphatic heterocycles. The molecule has 0 fully saturated rings. The molecule has 0 bridgehead atoms. The molecule has 0 aliphatic carbocycles. The topological polar surface area (TPSA) is 9.23 Å². The van der Waals surface area contributed by atoms with Gasteiger partial charge in [0.2, 0.25) is 0 Å². The smallest absolute Gasteiger partial charge is 1.00 e. The minimum Gasteiger partial charge on any atom is -1.00 e. The summed E-state index contributed by atoms with van der Waals surface area (Å²) in [7, 11) is 0. The van der Waals surface area contributed by atoms with Crippen molar-refractivity contribution in [3.63, 3.8) is 0 Å². The zero-order valence-electron chi connectivity index (χ0n) is 7.89. The van der Waals surface area contributed by atoms with Gasteiger partial charge in [-0.05, 0) is 25.5 Å². The van der Waals surface area contributed by atoms with E-state index in [1.165, 1.54) is 5.56 Å². The maximum Gasteiger partial charge on any atom is 2.00 e. The molecule has 13 heavy (non-hydrogen) atoms. The number of rotatable bonds is 2. The molecule has 0 aromatic heterocycles. The summed E-state index contributed by atoms with van der Waals surface area (Å²) < 4.78 is 5.34. The Morgan fingerprint density at radius 3 is 2.15 bits per heavy atom. The van der Waals surface area contributed by atoms with Crippen LogP contribution in [0.15, 0.2) is 24.3 Å². The molecule has 0 atom stereocenters. The summed E-state index contributed by atoms with van der Waals surface area (Å²) in [6.07, 6.45) is 0. The molecule has 1 aromatic carbocycles. The Kier molecular flexibility index (Phi) is 16.1. The zero-order chi connectivity index (χ0) is 7.40. The molecule has 4 heteroatoms. The van der Waals surface area contributed by atoms with E-state index in [4.69, 9.17) is 4.74 Å². The molecule has 0 saturated carbocycles. The van der Waals surface area contributed by atoms with E-state index < -0.39 is 0 Å². The molecule has 1 rings (SSSR count). The van der Waals surface area contributed by atoms with Crippen molar-refractivity contribution in [3.05, 3.63) is 29.8 Å². The van der Waals surface area contributed by atoms with Crippen molar-refractivity contribution in [3.8, 4) is 5.75 Å². The standard InChI is InChI=1S/C9H12O.2BrH.Mg/c1-3-10-9-7-5-4-6-8(9)2;;;/h4-7H,3H2,1-2H3;2*1H;/q;;;+2/p-2. The van der Waals surface area contributed by atoms with Gasteiger partial charge in [-0.3, -0.25) is 0 Å². The third kappa shape index (κ3) is 6.77. The molecular weight excluding hydrogens is 308 g/mol. The molecule has 70 valence electrons. The number of benzene rings is 1. The van der Waals surface area contributed by atoms with Crippen LogP contribution in [0.1, 0.15) is 12.5 Å².